The van der Waals surface area contributed by atoms with Gasteiger partial charge in [0.2, 0.25) is 0 Å². The van der Waals surface area contributed by atoms with Gasteiger partial charge < -0.3 is 0 Å². The van der Waals surface area contributed by atoms with Crippen LogP contribution in [0.3, 0.4) is 0 Å². The summed E-state index contributed by atoms with van der Waals surface area (Å²) in [7, 11) is 1.73. The van der Waals surface area contributed by atoms with Gasteiger partial charge in [0, 0.05) is 0 Å². The van der Waals surface area contributed by atoms with E-state index in [0.29, 0.717) is 0 Å². The highest BCUT2D eigenvalue weighted by molar-refractivity contribution is 8.16. The van der Waals surface area contributed by atoms with Gasteiger partial charge in [-0.2, -0.15) is 0 Å². The molecule has 4 aromatic carbocycles. The van der Waals surface area contributed by atoms with Crippen LogP contribution in [0.4, 0.5) is 0 Å². The molecule has 0 bridgehead atoms. The summed E-state index contributed by atoms with van der Waals surface area (Å²) in [6.45, 7) is 0. The van der Waals surface area contributed by atoms with Crippen LogP contribution in [-0.2, 0) is 10.3 Å². The molecule has 0 spiro atoms. The molecule has 1 aliphatic rings. The molecule has 0 aliphatic carbocycles. The molecule has 0 radical (unpaired) electrons. The van der Waals surface area contributed by atoms with Gasteiger partial charge in [-0.25, -0.2) is 0 Å². The first-order chi connectivity index (χ1) is 13.9. The lowest BCUT2D eigenvalue weighted by atomic mass is 9.71. The first-order valence-corrected chi connectivity index (χ1v) is 12.6. The molecular formula is C26H22P2. The van der Waals surface area contributed by atoms with Gasteiger partial charge in [-0.05, 0) is 22.3 Å². The quantitative estimate of drug-likeness (QED) is 0.321. The van der Waals surface area contributed by atoms with E-state index < -0.39 is 0 Å². The first kappa shape index (κ1) is 17.8. The Bertz CT molecular complexity index is 877. The van der Waals surface area contributed by atoms with E-state index in [1.54, 1.807) is 0 Å². The van der Waals surface area contributed by atoms with Crippen LogP contribution in [0.15, 0.2) is 121 Å². The van der Waals surface area contributed by atoms with Gasteiger partial charge in [0.15, 0.2) is 0 Å². The molecule has 1 heterocycles. The Labute approximate surface area is 170 Å². The van der Waals surface area contributed by atoms with Gasteiger partial charge in [0.25, 0.3) is 0 Å². The maximum atomic E-state index is 2.32. The molecule has 136 valence electrons. The molecule has 0 aromatic heterocycles. The Morgan fingerprint density at radius 2 is 0.536 bits per heavy atom. The average molecular weight is 396 g/mol. The average Bonchev–Trinajstić information content (AvgIpc) is 2.77. The second kappa shape index (κ2) is 7.29. The van der Waals surface area contributed by atoms with Gasteiger partial charge in [0.1, 0.15) is 0 Å². The van der Waals surface area contributed by atoms with Gasteiger partial charge in [-0.15, -0.1) is 0 Å². The van der Waals surface area contributed by atoms with Crippen LogP contribution in [-0.4, -0.2) is 0 Å². The van der Waals surface area contributed by atoms with Crippen molar-refractivity contribution in [3.8, 4) is 0 Å². The van der Waals surface area contributed by atoms with Crippen LogP contribution in [0.2, 0.25) is 0 Å². The predicted molar refractivity (Wildman–Crippen MR) is 124 cm³/mol. The molecule has 0 saturated carbocycles. The van der Waals surface area contributed by atoms with Crippen molar-refractivity contribution in [2.24, 2.45) is 0 Å². The highest BCUT2D eigenvalue weighted by Crippen LogP contribution is 2.86. The van der Waals surface area contributed by atoms with Gasteiger partial charge in [-0.1, -0.05) is 138 Å². The standard InChI is InChI=1S/C26H22P2/c1-5-13-21(14-6-1)25(22-15-7-2-8-16-22)26(28-27-25,23-17-9-3-10-18-23)24-19-11-4-12-20-24/h1-20,27-28H. The molecule has 0 nitrogen and oxygen atoms in total. The second-order valence-electron chi connectivity index (χ2n) is 7.21. The van der Waals surface area contributed by atoms with Crippen molar-refractivity contribution < 1.29 is 0 Å². The smallest absolute Gasteiger partial charge is 0.0587 e. The van der Waals surface area contributed by atoms with E-state index in [0.717, 1.165) is 16.5 Å². The lowest BCUT2D eigenvalue weighted by Gasteiger charge is -2.61. The minimum absolute atomic E-state index is 0.0311. The SMILES string of the molecule is c1ccc(C2(c3ccccc3)PPC2(c2ccccc2)c2ccccc2)cc1. The van der Waals surface area contributed by atoms with Crippen LogP contribution >= 0.6 is 16.5 Å². The molecule has 2 unspecified atom stereocenters. The van der Waals surface area contributed by atoms with E-state index in [4.69, 9.17) is 0 Å². The molecular weight excluding hydrogens is 374 g/mol. The third-order valence-corrected chi connectivity index (χ3v) is 11.5. The third kappa shape index (κ3) is 2.52. The van der Waals surface area contributed by atoms with Crippen LogP contribution in [0.5, 0.6) is 0 Å². The summed E-state index contributed by atoms with van der Waals surface area (Å²) < 4.78 is 0. The van der Waals surface area contributed by atoms with Crippen molar-refractivity contribution in [1.82, 2.24) is 0 Å². The summed E-state index contributed by atoms with van der Waals surface area (Å²) in [5, 5.41) is -0.0622. The molecule has 5 rings (SSSR count). The van der Waals surface area contributed by atoms with Gasteiger partial charge in [0.05, 0.1) is 10.3 Å². The summed E-state index contributed by atoms with van der Waals surface area (Å²) in [5.74, 6) is 0. The van der Waals surface area contributed by atoms with E-state index in [1.165, 1.54) is 22.3 Å². The Morgan fingerprint density at radius 1 is 0.321 bits per heavy atom. The Morgan fingerprint density at radius 3 is 0.714 bits per heavy atom. The topological polar surface area (TPSA) is 0 Å². The van der Waals surface area contributed by atoms with Gasteiger partial charge >= 0.3 is 0 Å². The molecule has 1 saturated heterocycles. The second-order valence-corrected chi connectivity index (χ2v) is 10.7. The number of rotatable bonds is 4. The fourth-order valence-electron chi connectivity index (χ4n) is 4.55. The summed E-state index contributed by atoms with van der Waals surface area (Å²) >= 11 is 0. The lowest BCUT2D eigenvalue weighted by Crippen LogP contribution is -2.49. The van der Waals surface area contributed by atoms with Crippen molar-refractivity contribution in [2.45, 2.75) is 10.3 Å². The molecule has 2 atom stereocenters. The van der Waals surface area contributed by atoms with Gasteiger partial charge in [-0.3, -0.25) is 0 Å². The van der Waals surface area contributed by atoms with E-state index in [-0.39, 0.29) is 10.3 Å². The fraction of sp³-hybridized carbons (Fsp3) is 0.0769. The first-order valence-electron chi connectivity index (χ1n) is 9.64. The van der Waals surface area contributed by atoms with Crippen LogP contribution in [0.25, 0.3) is 0 Å². The summed E-state index contributed by atoms with van der Waals surface area (Å²) in [6, 6.07) is 44.6. The molecule has 2 heteroatoms. The van der Waals surface area contributed by atoms with Crippen molar-refractivity contribution >= 4 is 16.5 Å². The Kier molecular flexibility index (Phi) is 4.64. The molecule has 1 aliphatic heterocycles. The van der Waals surface area contributed by atoms with Crippen molar-refractivity contribution in [2.75, 3.05) is 0 Å². The minimum Gasteiger partial charge on any atom is -0.0806 e. The highest BCUT2D eigenvalue weighted by Gasteiger charge is 2.62. The largest absolute Gasteiger partial charge is 0.0806 e. The maximum Gasteiger partial charge on any atom is 0.0587 e. The van der Waals surface area contributed by atoms with E-state index in [2.05, 4.69) is 121 Å². The normalized spacial score (nSPS) is 18.6. The number of hydrogen-bond donors (Lipinski definition) is 0. The Hall–Kier alpha value is -2.26. The minimum atomic E-state index is -0.0311. The fourth-order valence-corrected chi connectivity index (χ4v) is 10.6. The van der Waals surface area contributed by atoms with Crippen LogP contribution in [0, 0.1) is 0 Å². The maximum absolute atomic E-state index is 2.32. The molecule has 28 heavy (non-hydrogen) atoms. The van der Waals surface area contributed by atoms with Crippen LogP contribution in [0.1, 0.15) is 22.3 Å². The molecule has 0 amide bonds. The zero-order valence-electron chi connectivity index (χ0n) is 15.5. The molecule has 0 N–H and O–H groups in total. The molecule has 4 aromatic rings. The zero-order chi connectivity index (χ0) is 18.9. The number of benzene rings is 4. The van der Waals surface area contributed by atoms with Crippen molar-refractivity contribution in [1.29, 1.82) is 0 Å². The number of hydrogen-bond acceptors (Lipinski definition) is 0. The van der Waals surface area contributed by atoms with E-state index in [1.807, 2.05) is 0 Å². The lowest BCUT2D eigenvalue weighted by molar-refractivity contribution is 0.563. The van der Waals surface area contributed by atoms with E-state index >= 15 is 0 Å². The van der Waals surface area contributed by atoms with Crippen LogP contribution < -0.4 is 0 Å². The third-order valence-electron chi connectivity index (χ3n) is 5.83. The monoisotopic (exact) mass is 396 g/mol. The summed E-state index contributed by atoms with van der Waals surface area (Å²) in [6.07, 6.45) is 0. The zero-order valence-corrected chi connectivity index (χ0v) is 17.5. The summed E-state index contributed by atoms with van der Waals surface area (Å²) in [4.78, 5) is 0. The van der Waals surface area contributed by atoms with Crippen molar-refractivity contribution in [3.63, 3.8) is 0 Å². The Balaban J connectivity index is 1.86. The highest BCUT2D eigenvalue weighted by atomic mass is 32.0. The van der Waals surface area contributed by atoms with Crippen molar-refractivity contribution in [3.05, 3.63) is 144 Å². The predicted octanol–water partition coefficient (Wildman–Crippen LogP) is 7.16. The summed E-state index contributed by atoms with van der Waals surface area (Å²) in [5.41, 5.74) is 5.69. The van der Waals surface area contributed by atoms with E-state index in [9.17, 15) is 0 Å². The molecule has 1 fully saturated rings.